The molecule has 0 bridgehead atoms. The van der Waals surface area contributed by atoms with Crippen molar-refractivity contribution >= 4 is 34.8 Å². The van der Waals surface area contributed by atoms with Crippen LogP contribution in [0, 0.1) is 17.0 Å². The lowest BCUT2D eigenvalue weighted by molar-refractivity contribution is -0.385. The topological polar surface area (TPSA) is 120 Å². The third-order valence-electron chi connectivity index (χ3n) is 5.95. The second-order valence-electron chi connectivity index (χ2n) is 8.04. The monoisotopic (exact) mass is 508 g/mol. The van der Waals surface area contributed by atoms with Gasteiger partial charge in [0, 0.05) is 34.4 Å². The number of nitro benzene ring substituents is 1. The summed E-state index contributed by atoms with van der Waals surface area (Å²) in [6, 6.07) is 12.2. The summed E-state index contributed by atoms with van der Waals surface area (Å²) < 4.78 is 7.71. The molecule has 9 nitrogen and oxygen atoms in total. The number of carbonyl (C=O) groups is 1. The van der Waals surface area contributed by atoms with Crippen molar-refractivity contribution in [3.05, 3.63) is 80.7 Å². The molecular formula is C24H20N4O5S2. The third kappa shape index (κ3) is 3.96. The second kappa shape index (κ2) is 8.82. The summed E-state index contributed by atoms with van der Waals surface area (Å²) >= 11 is 3.05. The molecule has 11 heteroatoms. The van der Waals surface area contributed by atoms with E-state index in [1.165, 1.54) is 22.1 Å². The van der Waals surface area contributed by atoms with Crippen molar-refractivity contribution in [3.63, 3.8) is 0 Å². The summed E-state index contributed by atoms with van der Waals surface area (Å²) in [5, 5.41) is 26.7. The molecule has 0 radical (unpaired) electrons. The number of hydrogen-bond donors (Lipinski definition) is 1. The van der Waals surface area contributed by atoms with Crippen LogP contribution in [0.3, 0.4) is 0 Å². The second-order valence-corrected chi connectivity index (χ2v) is 10.6. The zero-order chi connectivity index (χ0) is 24.9. The molecule has 4 aromatic rings. The lowest BCUT2D eigenvalue weighted by Crippen LogP contribution is -2.10. The van der Waals surface area contributed by atoms with Gasteiger partial charge in [-0.1, -0.05) is 35.6 Å². The van der Waals surface area contributed by atoms with Crippen LogP contribution >= 0.6 is 23.1 Å². The molecule has 1 aliphatic heterocycles. The Balaban J connectivity index is 1.63. The Morgan fingerprint density at radius 3 is 2.77 bits per heavy atom. The first-order chi connectivity index (χ1) is 16.8. The minimum atomic E-state index is -1.17. The molecule has 0 spiro atoms. The molecule has 0 aliphatic carbocycles. The average molecular weight is 509 g/mol. The van der Waals surface area contributed by atoms with E-state index in [2.05, 4.69) is 12.0 Å². The number of thioether (sulfide) groups is 1. The number of fused-ring (bicyclic) bond motifs is 3. The molecular weight excluding hydrogens is 488 g/mol. The van der Waals surface area contributed by atoms with Gasteiger partial charge in [0.25, 0.3) is 5.69 Å². The number of carboxylic acids is 1. The number of nitrogens with zero attached hydrogens (tertiary/aromatic N) is 4. The molecule has 0 saturated heterocycles. The van der Waals surface area contributed by atoms with Crippen molar-refractivity contribution < 1.29 is 19.6 Å². The number of aromatic carboxylic acids is 1. The Bertz CT molecular complexity index is 1490. The van der Waals surface area contributed by atoms with E-state index in [1.807, 2.05) is 18.2 Å². The molecule has 1 N–H and O–H groups in total. The number of thiazole rings is 1. The van der Waals surface area contributed by atoms with Gasteiger partial charge in [-0.2, -0.15) is 9.78 Å². The summed E-state index contributed by atoms with van der Waals surface area (Å²) in [6.45, 7) is 3.82. The number of rotatable bonds is 6. The molecule has 1 aliphatic rings. The van der Waals surface area contributed by atoms with Crippen LogP contribution < -0.4 is 4.74 Å². The normalized spacial score (nSPS) is 14.3. The fourth-order valence-electron chi connectivity index (χ4n) is 4.24. The van der Waals surface area contributed by atoms with Gasteiger partial charge in [0.05, 0.1) is 27.6 Å². The molecule has 2 aromatic carbocycles. The van der Waals surface area contributed by atoms with E-state index in [0.717, 1.165) is 26.8 Å². The number of benzene rings is 2. The SMILES string of the molecule is COc1ccc2c(c1)-c1nc(-n3nc(C)c(Cc4ccccc4[N+](=O)[O-])c3C(=O)O)sc1SC2C. The van der Waals surface area contributed by atoms with Gasteiger partial charge in [-0.25, -0.2) is 9.78 Å². The molecule has 3 heterocycles. The first kappa shape index (κ1) is 23.1. The highest BCUT2D eigenvalue weighted by molar-refractivity contribution is 8.01. The number of hydrogen-bond acceptors (Lipinski definition) is 8. The van der Waals surface area contributed by atoms with Crippen molar-refractivity contribution in [3.8, 4) is 22.1 Å². The van der Waals surface area contributed by atoms with E-state index >= 15 is 0 Å². The molecule has 35 heavy (non-hydrogen) atoms. The van der Waals surface area contributed by atoms with Gasteiger partial charge in [-0.05, 0) is 31.5 Å². The molecule has 2 aromatic heterocycles. The molecule has 0 saturated carbocycles. The van der Waals surface area contributed by atoms with E-state index in [4.69, 9.17) is 9.72 Å². The zero-order valence-electron chi connectivity index (χ0n) is 19.0. The minimum absolute atomic E-state index is 0.0457. The summed E-state index contributed by atoms with van der Waals surface area (Å²) in [4.78, 5) is 28.2. The number of aryl methyl sites for hydroxylation is 1. The molecule has 178 valence electrons. The number of aromatic nitrogens is 3. The Labute approximate surface area is 208 Å². The predicted octanol–water partition coefficient (Wildman–Crippen LogP) is 5.68. The van der Waals surface area contributed by atoms with Crippen molar-refractivity contribution in [1.82, 2.24) is 14.8 Å². The van der Waals surface area contributed by atoms with Crippen molar-refractivity contribution in [2.24, 2.45) is 0 Å². The quantitative estimate of drug-likeness (QED) is 0.261. The summed E-state index contributed by atoms with van der Waals surface area (Å²) in [6.07, 6.45) is 0.0710. The Morgan fingerprint density at radius 2 is 2.06 bits per heavy atom. The van der Waals surface area contributed by atoms with Crippen LogP contribution in [0.1, 0.15) is 45.0 Å². The summed E-state index contributed by atoms with van der Waals surface area (Å²) in [5.41, 5.74) is 4.08. The first-order valence-electron chi connectivity index (χ1n) is 10.7. The highest BCUT2D eigenvalue weighted by atomic mass is 32.2. The van der Waals surface area contributed by atoms with Gasteiger partial charge >= 0.3 is 5.97 Å². The lowest BCUT2D eigenvalue weighted by Gasteiger charge is -2.21. The maximum absolute atomic E-state index is 12.4. The molecule has 1 atom stereocenters. The fourth-order valence-corrected chi connectivity index (χ4v) is 6.78. The van der Waals surface area contributed by atoms with Crippen molar-refractivity contribution in [2.45, 2.75) is 29.7 Å². The smallest absolute Gasteiger partial charge is 0.355 e. The number of methoxy groups -OCH3 is 1. The number of ether oxygens (including phenoxy) is 1. The van der Waals surface area contributed by atoms with Gasteiger partial charge in [-0.3, -0.25) is 10.1 Å². The van der Waals surface area contributed by atoms with E-state index in [0.29, 0.717) is 22.0 Å². The van der Waals surface area contributed by atoms with Crippen LogP contribution in [0.15, 0.2) is 46.7 Å². The molecule has 0 amide bonds. The average Bonchev–Trinajstić information content (AvgIpc) is 3.40. The standard InChI is InChI=1S/C24H20N4O5S2/c1-12-17(10-14-6-4-5-7-19(14)28(31)32)21(22(29)30)27(26-12)24-25-20-18-11-15(33-3)8-9-16(18)13(2)34-23(20)35-24/h4-9,11,13H,10H2,1-3H3,(H,29,30). The highest BCUT2D eigenvalue weighted by Gasteiger charge is 2.30. The number of carboxylic acid groups (broad SMARTS) is 1. The van der Waals surface area contributed by atoms with Crippen LogP contribution in [0.4, 0.5) is 5.69 Å². The Morgan fingerprint density at radius 1 is 1.29 bits per heavy atom. The Hall–Kier alpha value is -3.70. The third-order valence-corrected chi connectivity index (χ3v) is 8.32. The van der Waals surface area contributed by atoms with E-state index in [1.54, 1.807) is 44.0 Å². The molecule has 1 unspecified atom stereocenters. The van der Waals surface area contributed by atoms with E-state index < -0.39 is 10.9 Å². The van der Waals surface area contributed by atoms with Crippen LogP contribution in [-0.4, -0.2) is 37.9 Å². The van der Waals surface area contributed by atoms with Gasteiger partial charge in [0.2, 0.25) is 5.13 Å². The fraction of sp³-hybridized carbons (Fsp3) is 0.208. The van der Waals surface area contributed by atoms with Crippen molar-refractivity contribution in [2.75, 3.05) is 7.11 Å². The maximum Gasteiger partial charge on any atom is 0.355 e. The highest BCUT2D eigenvalue weighted by Crippen LogP contribution is 2.52. The minimum Gasteiger partial charge on any atom is -0.497 e. The Kier molecular flexibility index (Phi) is 5.81. The lowest BCUT2D eigenvalue weighted by atomic mass is 10.0. The van der Waals surface area contributed by atoms with Crippen molar-refractivity contribution in [1.29, 1.82) is 0 Å². The summed E-state index contributed by atoms with van der Waals surface area (Å²) in [5.74, 6) is -0.452. The van der Waals surface area contributed by atoms with Gasteiger partial charge in [-0.15, -0.1) is 11.8 Å². The van der Waals surface area contributed by atoms with E-state index in [-0.39, 0.29) is 23.1 Å². The van der Waals surface area contributed by atoms with E-state index in [9.17, 15) is 20.0 Å². The van der Waals surface area contributed by atoms with Crippen LogP contribution in [0.25, 0.3) is 16.4 Å². The largest absolute Gasteiger partial charge is 0.497 e. The maximum atomic E-state index is 12.4. The van der Waals surface area contributed by atoms with Crippen LogP contribution in [-0.2, 0) is 6.42 Å². The van der Waals surface area contributed by atoms with Gasteiger partial charge in [0.15, 0.2) is 5.69 Å². The predicted molar refractivity (Wildman–Crippen MR) is 133 cm³/mol. The van der Waals surface area contributed by atoms with Gasteiger partial charge < -0.3 is 9.84 Å². The van der Waals surface area contributed by atoms with Crippen LogP contribution in [0.2, 0.25) is 0 Å². The molecule has 5 rings (SSSR count). The number of para-hydroxylation sites is 1. The summed E-state index contributed by atoms with van der Waals surface area (Å²) in [7, 11) is 1.61. The van der Waals surface area contributed by atoms with Crippen LogP contribution in [0.5, 0.6) is 5.75 Å². The first-order valence-corrected chi connectivity index (χ1v) is 12.4. The zero-order valence-corrected chi connectivity index (χ0v) is 20.6. The number of nitro groups is 1. The molecule has 0 fully saturated rings. The van der Waals surface area contributed by atoms with Gasteiger partial charge in [0.1, 0.15) is 5.75 Å².